The number of hydrogen-bond acceptors (Lipinski definition) is 3. The largest absolute Gasteiger partial charge is 0.309 e. The highest BCUT2D eigenvalue weighted by atomic mass is 35.5. The molecule has 0 radical (unpaired) electrons. The van der Waals surface area contributed by atoms with E-state index in [1.54, 1.807) is 30.3 Å². The maximum atomic E-state index is 12.0. The van der Waals surface area contributed by atoms with Gasteiger partial charge in [0.15, 0.2) is 0 Å². The van der Waals surface area contributed by atoms with Gasteiger partial charge in [0.25, 0.3) is 0 Å². The highest BCUT2D eigenvalue weighted by Crippen LogP contribution is 2.22. The van der Waals surface area contributed by atoms with Crippen LogP contribution in [-0.2, 0) is 23.1 Å². The molecule has 0 bridgehead atoms. The lowest BCUT2D eigenvalue weighted by molar-refractivity contribution is 0.520. The van der Waals surface area contributed by atoms with Crippen LogP contribution in [0.3, 0.4) is 0 Å². The first kappa shape index (κ1) is 18.2. The molecule has 0 aliphatic heterocycles. The van der Waals surface area contributed by atoms with Crippen LogP contribution in [0.5, 0.6) is 0 Å². The average Bonchev–Trinajstić information content (AvgIpc) is 2.51. The number of benzene rings is 2. The monoisotopic (exact) mass is 372 g/mol. The molecule has 0 atom stereocenters. The third kappa shape index (κ3) is 4.68. The van der Waals surface area contributed by atoms with Crippen molar-refractivity contribution in [2.45, 2.75) is 18.0 Å². The van der Waals surface area contributed by atoms with Gasteiger partial charge in [-0.05, 0) is 35.4 Å². The van der Waals surface area contributed by atoms with Crippen molar-refractivity contribution in [3.8, 4) is 0 Å². The van der Waals surface area contributed by atoms with Crippen molar-refractivity contribution in [3.63, 3.8) is 0 Å². The molecule has 0 fully saturated rings. The van der Waals surface area contributed by atoms with Crippen LogP contribution in [-0.4, -0.2) is 26.8 Å². The molecule has 0 aliphatic carbocycles. The number of nitrogens with one attached hydrogen (secondary N) is 1. The van der Waals surface area contributed by atoms with E-state index in [2.05, 4.69) is 5.32 Å². The molecule has 23 heavy (non-hydrogen) atoms. The van der Waals surface area contributed by atoms with Crippen LogP contribution >= 0.6 is 23.2 Å². The van der Waals surface area contributed by atoms with Crippen LogP contribution in [0, 0.1) is 0 Å². The van der Waals surface area contributed by atoms with Gasteiger partial charge < -0.3 is 5.32 Å². The predicted molar refractivity (Wildman–Crippen MR) is 94.3 cm³/mol. The molecule has 0 saturated heterocycles. The van der Waals surface area contributed by atoms with Crippen molar-refractivity contribution in [2.75, 3.05) is 14.1 Å². The van der Waals surface area contributed by atoms with E-state index >= 15 is 0 Å². The van der Waals surface area contributed by atoms with Gasteiger partial charge in [0.1, 0.15) is 0 Å². The van der Waals surface area contributed by atoms with Crippen molar-refractivity contribution in [1.29, 1.82) is 0 Å². The van der Waals surface area contributed by atoms with E-state index in [0.717, 1.165) is 11.1 Å². The Hall–Kier alpha value is -1.11. The molecular weight excluding hydrogens is 355 g/mol. The minimum atomic E-state index is -3.38. The molecule has 2 rings (SSSR count). The topological polar surface area (TPSA) is 49.4 Å². The fourth-order valence-corrected chi connectivity index (χ4v) is 3.21. The van der Waals surface area contributed by atoms with Crippen molar-refractivity contribution >= 4 is 33.2 Å². The maximum Gasteiger partial charge on any atom is 0.242 e. The number of nitrogens with zero attached hydrogens (tertiary/aromatic N) is 1. The van der Waals surface area contributed by atoms with Crippen LogP contribution < -0.4 is 5.32 Å². The Morgan fingerprint density at radius 3 is 2.04 bits per heavy atom. The highest BCUT2D eigenvalue weighted by Gasteiger charge is 2.16. The van der Waals surface area contributed by atoms with Gasteiger partial charge in [-0.2, -0.15) is 0 Å². The Balaban J connectivity index is 1.95. The molecule has 0 spiro atoms. The molecule has 0 amide bonds. The Morgan fingerprint density at radius 2 is 1.48 bits per heavy atom. The molecule has 0 heterocycles. The van der Waals surface area contributed by atoms with E-state index in [-0.39, 0.29) is 4.90 Å². The average molecular weight is 373 g/mol. The van der Waals surface area contributed by atoms with E-state index in [9.17, 15) is 8.42 Å². The number of halogens is 2. The summed E-state index contributed by atoms with van der Waals surface area (Å²) in [6, 6.07) is 12.3. The van der Waals surface area contributed by atoms with Gasteiger partial charge in [-0.3, -0.25) is 0 Å². The zero-order valence-electron chi connectivity index (χ0n) is 12.9. The fraction of sp³-hybridized carbons (Fsp3) is 0.250. The molecule has 7 heteroatoms. The quantitative estimate of drug-likeness (QED) is 0.843. The van der Waals surface area contributed by atoms with Gasteiger partial charge in [0.2, 0.25) is 10.0 Å². The van der Waals surface area contributed by atoms with Gasteiger partial charge >= 0.3 is 0 Å². The van der Waals surface area contributed by atoms with Gasteiger partial charge in [-0.15, -0.1) is 0 Å². The third-order valence-electron chi connectivity index (χ3n) is 3.34. The van der Waals surface area contributed by atoms with Gasteiger partial charge in [0, 0.05) is 27.2 Å². The van der Waals surface area contributed by atoms with Crippen molar-refractivity contribution < 1.29 is 8.42 Å². The fourth-order valence-electron chi connectivity index (χ4n) is 1.99. The Kier molecular flexibility index (Phi) is 6.06. The summed E-state index contributed by atoms with van der Waals surface area (Å²) in [5, 5.41) is 4.35. The van der Waals surface area contributed by atoms with Crippen LogP contribution in [0.1, 0.15) is 11.1 Å². The molecule has 4 nitrogen and oxygen atoms in total. The third-order valence-corrected chi connectivity index (χ3v) is 5.91. The van der Waals surface area contributed by atoms with Gasteiger partial charge in [0.05, 0.1) is 14.9 Å². The summed E-state index contributed by atoms with van der Waals surface area (Å²) in [5.41, 5.74) is 2.04. The number of hydrogen-bond donors (Lipinski definition) is 1. The zero-order valence-corrected chi connectivity index (χ0v) is 15.2. The van der Waals surface area contributed by atoms with E-state index < -0.39 is 10.0 Å². The summed E-state index contributed by atoms with van der Waals surface area (Å²) < 4.78 is 25.2. The number of sulfonamides is 1. The van der Waals surface area contributed by atoms with Crippen LogP contribution in [0.25, 0.3) is 0 Å². The van der Waals surface area contributed by atoms with Gasteiger partial charge in [-0.25, -0.2) is 12.7 Å². The lowest BCUT2D eigenvalue weighted by Gasteiger charge is -2.12. The second-order valence-electron chi connectivity index (χ2n) is 5.28. The molecule has 1 N–H and O–H groups in total. The summed E-state index contributed by atoms with van der Waals surface area (Å²) in [6.45, 7) is 1.27. The first-order chi connectivity index (χ1) is 10.8. The van der Waals surface area contributed by atoms with E-state index in [1.165, 1.54) is 18.4 Å². The second-order valence-corrected chi connectivity index (χ2v) is 8.25. The summed E-state index contributed by atoms with van der Waals surface area (Å²) in [4.78, 5) is 0.288. The molecule has 2 aromatic rings. The van der Waals surface area contributed by atoms with E-state index in [0.29, 0.717) is 23.1 Å². The second kappa shape index (κ2) is 7.64. The van der Waals surface area contributed by atoms with E-state index in [1.807, 2.05) is 12.1 Å². The maximum absolute atomic E-state index is 12.0. The molecule has 124 valence electrons. The summed E-state index contributed by atoms with van der Waals surface area (Å²) in [7, 11) is -0.348. The SMILES string of the molecule is CN(C)S(=O)(=O)c1ccc(CNCc2ccc(Cl)c(Cl)c2)cc1. The first-order valence-electron chi connectivity index (χ1n) is 6.97. The minimum absolute atomic E-state index is 0.288. The van der Waals surface area contributed by atoms with Crippen molar-refractivity contribution in [3.05, 3.63) is 63.6 Å². The molecule has 0 aliphatic rings. The lowest BCUT2D eigenvalue weighted by Crippen LogP contribution is -2.22. The Morgan fingerprint density at radius 1 is 0.913 bits per heavy atom. The van der Waals surface area contributed by atoms with Crippen LogP contribution in [0.4, 0.5) is 0 Å². The normalized spacial score (nSPS) is 11.9. The smallest absolute Gasteiger partial charge is 0.242 e. The lowest BCUT2D eigenvalue weighted by atomic mass is 10.2. The van der Waals surface area contributed by atoms with Crippen LogP contribution in [0.15, 0.2) is 47.4 Å². The van der Waals surface area contributed by atoms with Crippen LogP contribution in [0.2, 0.25) is 10.0 Å². The Labute approximate surface area is 147 Å². The van der Waals surface area contributed by atoms with Gasteiger partial charge in [-0.1, -0.05) is 41.4 Å². The summed E-state index contributed by atoms with van der Waals surface area (Å²) >= 11 is 11.9. The summed E-state index contributed by atoms with van der Waals surface area (Å²) in [5.74, 6) is 0. The summed E-state index contributed by atoms with van der Waals surface area (Å²) in [6.07, 6.45) is 0. The minimum Gasteiger partial charge on any atom is -0.309 e. The van der Waals surface area contributed by atoms with Crippen molar-refractivity contribution in [2.24, 2.45) is 0 Å². The standard InChI is InChI=1S/C16H18Cl2N2O2S/c1-20(2)23(21,22)14-6-3-12(4-7-14)10-19-11-13-5-8-15(17)16(18)9-13/h3-9,19H,10-11H2,1-2H3. The molecule has 0 aromatic heterocycles. The molecular formula is C16H18Cl2N2O2S. The highest BCUT2D eigenvalue weighted by molar-refractivity contribution is 7.89. The predicted octanol–water partition coefficient (Wildman–Crippen LogP) is 3.53. The first-order valence-corrected chi connectivity index (χ1v) is 9.16. The molecule has 2 aromatic carbocycles. The Bertz CT molecular complexity index is 775. The molecule has 0 saturated carbocycles. The van der Waals surface area contributed by atoms with Crippen molar-refractivity contribution in [1.82, 2.24) is 9.62 Å². The van der Waals surface area contributed by atoms with E-state index in [4.69, 9.17) is 23.2 Å². The zero-order chi connectivity index (χ0) is 17.0. The number of rotatable bonds is 6. The molecule has 0 unspecified atom stereocenters.